The lowest BCUT2D eigenvalue weighted by Gasteiger charge is -2.26. The van der Waals surface area contributed by atoms with Crippen LogP contribution in [0.4, 0.5) is 4.39 Å². The zero-order valence-electron chi connectivity index (χ0n) is 10.1. The first-order valence-electron chi connectivity index (χ1n) is 6.50. The van der Waals surface area contributed by atoms with Gasteiger partial charge in [-0.05, 0) is 36.8 Å². The third kappa shape index (κ3) is 3.15. The van der Waals surface area contributed by atoms with Gasteiger partial charge < -0.3 is 4.79 Å². The minimum Gasteiger partial charge on any atom is -0.303 e. The quantitative estimate of drug-likeness (QED) is 0.725. The zero-order valence-corrected chi connectivity index (χ0v) is 10.1. The van der Waals surface area contributed by atoms with Gasteiger partial charge in [0.2, 0.25) is 0 Å². The highest BCUT2D eigenvalue weighted by Gasteiger charge is 2.24. The minimum absolute atomic E-state index is 0.00722. The van der Waals surface area contributed by atoms with E-state index in [0.717, 1.165) is 19.1 Å². The van der Waals surface area contributed by atoms with Gasteiger partial charge in [0.05, 0.1) is 0 Å². The van der Waals surface area contributed by atoms with E-state index in [1.165, 1.54) is 25.3 Å². The highest BCUT2D eigenvalue weighted by atomic mass is 19.1. The average Bonchev–Trinajstić information content (AvgIpc) is 2.39. The molecule has 1 aliphatic rings. The molecular weight excluding hydrogens is 215 g/mol. The summed E-state index contributed by atoms with van der Waals surface area (Å²) in [7, 11) is 0. The number of carbonyl (C=O) groups excluding carboxylic acids is 1. The van der Waals surface area contributed by atoms with E-state index in [-0.39, 0.29) is 11.7 Å². The van der Waals surface area contributed by atoms with Crippen molar-refractivity contribution >= 4 is 6.29 Å². The van der Waals surface area contributed by atoms with Crippen molar-refractivity contribution in [3.05, 3.63) is 35.6 Å². The lowest BCUT2D eigenvalue weighted by atomic mass is 9.78. The summed E-state index contributed by atoms with van der Waals surface area (Å²) in [4.78, 5) is 11.2. The van der Waals surface area contributed by atoms with Crippen LogP contribution < -0.4 is 0 Å². The standard InChI is InChI=1S/C15H19FO/c16-15-9-5-4-8-13(15)10-14(11-17)12-6-2-1-3-7-12/h4-5,8-9,11-12,14H,1-3,6-7,10H2. The molecular formula is C15H19FO. The molecule has 0 aliphatic heterocycles. The topological polar surface area (TPSA) is 17.1 Å². The van der Waals surface area contributed by atoms with Gasteiger partial charge >= 0.3 is 0 Å². The molecule has 1 aromatic rings. The van der Waals surface area contributed by atoms with E-state index in [2.05, 4.69) is 0 Å². The van der Waals surface area contributed by atoms with Crippen LogP contribution >= 0.6 is 0 Å². The number of aldehydes is 1. The van der Waals surface area contributed by atoms with Crippen LogP contribution in [0.3, 0.4) is 0 Å². The van der Waals surface area contributed by atoms with Gasteiger partial charge in [0.25, 0.3) is 0 Å². The van der Waals surface area contributed by atoms with Crippen LogP contribution in [0.5, 0.6) is 0 Å². The number of benzene rings is 1. The number of rotatable bonds is 4. The Morgan fingerprint density at radius 1 is 1.24 bits per heavy atom. The van der Waals surface area contributed by atoms with Crippen LogP contribution in [0, 0.1) is 17.7 Å². The number of hydrogen-bond acceptors (Lipinski definition) is 1. The van der Waals surface area contributed by atoms with E-state index in [0.29, 0.717) is 17.9 Å². The largest absolute Gasteiger partial charge is 0.303 e. The number of hydrogen-bond donors (Lipinski definition) is 0. The molecule has 0 bridgehead atoms. The van der Waals surface area contributed by atoms with E-state index in [1.54, 1.807) is 12.1 Å². The maximum atomic E-state index is 13.5. The third-order valence-electron chi connectivity index (χ3n) is 3.84. The van der Waals surface area contributed by atoms with Crippen molar-refractivity contribution in [3.8, 4) is 0 Å². The molecule has 1 unspecified atom stereocenters. The summed E-state index contributed by atoms with van der Waals surface area (Å²) >= 11 is 0. The molecule has 0 radical (unpaired) electrons. The second-order valence-electron chi connectivity index (χ2n) is 4.99. The molecule has 1 atom stereocenters. The minimum atomic E-state index is -0.185. The maximum absolute atomic E-state index is 13.5. The summed E-state index contributed by atoms with van der Waals surface area (Å²) in [5, 5.41) is 0. The first kappa shape index (κ1) is 12.3. The van der Waals surface area contributed by atoms with Crippen molar-refractivity contribution in [1.82, 2.24) is 0 Å². The Labute approximate surface area is 102 Å². The summed E-state index contributed by atoms with van der Waals surface area (Å²) in [6.45, 7) is 0. The smallest absolute Gasteiger partial charge is 0.126 e. The second kappa shape index (κ2) is 5.95. The van der Waals surface area contributed by atoms with Crippen molar-refractivity contribution in [2.45, 2.75) is 38.5 Å². The Morgan fingerprint density at radius 2 is 1.94 bits per heavy atom. The van der Waals surface area contributed by atoms with Gasteiger partial charge in [-0.15, -0.1) is 0 Å². The summed E-state index contributed by atoms with van der Waals surface area (Å²) in [6, 6.07) is 6.78. The van der Waals surface area contributed by atoms with Crippen molar-refractivity contribution < 1.29 is 9.18 Å². The van der Waals surface area contributed by atoms with Crippen molar-refractivity contribution in [2.75, 3.05) is 0 Å². The fourth-order valence-corrected chi connectivity index (χ4v) is 2.81. The molecule has 2 heteroatoms. The molecule has 92 valence electrons. The Balaban J connectivity index is 2.04. The van der Waals surface area contributed by atoms with Crippen LogP contribution in [0.15, 0.2) is 24.3 Å². The van der Waals surface area contributed by atoms with Crippen LogP contribution in [0.1, 0.15) is 37.7 Å². The second-order valence-corrected chi connectivity index (χ2v) is 4.99. The summed E-state index contributed by atoms with van der Waals surface area (Å²) in [6.07, 6.45) is 7.54. The predicted octanol–water partition coefficient (Wildman–Crippen LogP) is 3.76. The normalized spacial score (nSPS) is 18.9. The Morgan fingerprint density at radius 3 is 2.59 bits per heavy atom. The van der Waals surface area contributed by atoms with Crippen LogP contribution in [-0.2, 0) is 11.2 Å². The van der Waals surface area contributed by atoms with E-state index in [4.69, 9.17) is 0 Å². The summed E-state index contributed by atoms with van der Waals surface area (Å²) in [5.41, 5.74) is 0.676. The van der Waals surface area contributed by atoms with Gasteiger partial charge in [0.15, 0.2) is 0 Å². The van der Waals surface area contributed by atoms with Crippen molar-refractivity contribution in [2.24, 2.45) is 11.8 Å². The Kier molecular flexibility index (Phi) is 4.29. The van der Waals surface area contributed by atoms with Gasteiger partial charge in [-0.3, -0.25) is 0 Å². The molecule has 0 aromatic heterocycles. The molecule has 1 nitrogen and oxygen atoms in total. The van der Waals surface area contributed by atoms with Gasteiger partial charge in [-0.2, -0.15) is 0 Å². The van der Waals surface area contributed by atoms with Crippen LogP contribution in [0.2, 0.25) is 0 Å². The van der Waals surface area contributed by atoms with Crippen molar-refractivity contribution in [3.63, 3.8) is 0 Å². The first-order valence-corrected chi connectivity index (χ1v) is 6.50. The lowest BCUT2D eigenvalue weighted by molar-refractivity contribution is -0.112. The highest BCUT2D eigenvalue weighted by molar-refractivity contribution is 5.55. The summed E-state index contributed by atoms with van der Waals surface area (Å²) < 4.78 is 13.5. The monoisotopic (exact) mass is 234 g/mol. The average molecular weight is 234 g/mol. The van der Waals surface area contributed by atoms with Gasteiger partial charge in [-0.25, -0.2) is 4.39 Å². The lowest BCUT2D eigenvalue weighted by Crippen LogP contribution is -2.21. The molecule has 0 saturated heterocycles. The highest BCUT2D eigenvalue weighted by Crippen LogP contribution is 2.31. The molecule has 0 spiro atoms. The molecule has 1 aromatic carbocycles. The molecule has 2 rings (SSSR count). The van der Waals surface area contributed by atoms with E-state index >= 15 is 0 Å². The van der Waals surface area contributed by atoms with Gasteiger partial charge in [-0.1, -0.05) is 37.5 Å². The first-order chi connectivity index (χ1) is 8.31. The number of halogens is 1. The summed E-state index contributed by atoms with van der Waals surface area (Å²) in [5.74, 6) is 0.267. The van der Waals surface area contributed by atoms with Crippen molar-refractivity contribution in [1.29, 1.82) is 0 Å². The Hall–Kier alpha value is -1.18. The number of carbonyl (C=O) groups is 1. The van der Waals surface area contributed by atoms with E-state index in [1.807, 2.05) is 6.07 Å². The molecule has 0 heterocycles. The molecule has 1 fully saturated rings. The maximum Gasteiger partial charge on any atom is 0.126 e. The zero-order chi connectivity index (χ0) is 12.1. The van der Waals surface area contributed by atoms with Gasteiger partial charge in [0, 0.05) is 5.92 Å². The fraction of sp³-hybridized carbons (Fsp3) is 0.533. The van der Waals surface area contributed by atoms with Crippen LogP contribution in [-0.4, -0.2) is 6.29 Å². The molecule has 17 heavy (non-hydrogen) atoms. The molecule has 0 amide bonds. The fourth-order valence-electron chi connectivity index (χ4n) is 2.81. The van der Waals surface area contributed by atoms with E-state index in [9.17, 15) is 9.18 Å². The Bertz CT molecular complexity index is 369. The SMILES string of the molecule is O=CC(Cc1ccccc1F)C1CCCCC1. The van der Waals surface area contributed by atoms with E-state index < -0.39 is 0 Å². The predicted molar refractivity (Wildman–Crippen MR) is 66.2 cm³/mol. The van der Waals surface area contributed by atoms with Gasteiger partial charge in [0.1, 0.15) is 12.1 Å². The molecule has 0 N–H and O–H groups in total. The molecule has 1 aliphatic carbocycles. The molecule has 1 saturated carbocycles. The van der Waals surface area contributed by atoms with Crippen LogP contribution in [0.25, 0.3) is 0 Å². The third-order valence-corrected chi connectivity index (χ3v) is 3.84.